The van der Waals surface area contributed by atoms with Gasteiger partial charge < -0.3 is 9.67 Å². The maximum atomic E-state index is 10.6. The molecule has 1 N–H and O–H groups in total. The first-order valence-corrected chi connectivity index (χ1v) is 7.29. The molecule has 0 amide bonds. The molecule has 1 aliphatic rings. The maximum absolute atomic E-state index is 10.6. The normalized spacial score (nSPS) is 20.4. The van der Waals surface area contributed by atoms with Crippen LogP contribution in [0.1, 0.15) is 19.8 Å². The Morgan fingerprint density at radius 1 is 1.67 bits per heavy atom. The summed E-state index contributed by atoms with van der Waals surface area (Å²) >= 11 is 1.29. The van der Waals surface area contributed by atoms with Gasteiger partial charge >= 0.3 is 5.97 Å². The summed E-state index contributed by atoms with van der Waals surface area (Å²) in [5.74, 6) is -0.732. The highest BCUT2D eigenvalue weighted by atomic mass is 32.2. The van der Waals surface area contributed by atoms with Gasteiger partial charge in [0.05, 0.1) is 5.75 Å². The minimum Gasteiger partial charge on any atom is -0.481 e. The van der Waals surface area contributed by atoms with Crippen LogP contribution in [0.5, 0.6) is 0 Å². The summed E-state index contributed by atoms with van der Waals surface area (Å²) < 4.78 is 2.08. The highest BCUT2D eigenvalue weighted by Crippen LogP contribution is 2.21. The van der Waals surface area contributed by atoms with E-state index in [0.717, 1.165) is 18.2 Å². The van der Waals surface area contributed by atoms with Gasteiger partial charge in [0, 0.05) is 25.0 Å². The number of aliphatic carboxylic acids is 1. The van der Waals surface area contributed by atoms with E-state index in [2.05, 4.69) is 21.4 Å². The van der Waals surface area contributed by atoms with E-state index in [4.69, 9.17) is 5.11 Å². The molecule has 0 saturated carbocycles. The number of likely N-dealkylation sites (tertiary alicyclic amines) is 1. The lowest BCUT2D eigenvalue weighted by Crippen LogP contribution is -2.32. The van der Waals surface area contributed by atoms with Crippen LogP contribution in [0.3, 0.4) is 0 Å². The molecule has 1 aromatic rings. The topological polar surface area (TPSA) is 58.4 Å². The van der Waals surface area contributed by atoms with Gasteiger partial charge in [-0.15, -0.1) is 0 Å². The van der Waals surface area contributed by atoms with Gasteiger partial charge in [-0.05, 0) is 25.9 Å². The van der Waals surface area contributed by atoms with Gasteiger partial charge in [-0.25, -0.2) is 4.98 Å². The minimum absolute atomic E-state index is 0.0686. The zero-order valence-corrected chi connectivity index (χ0v) is 11.4. The largest absolute Gasteiger partial charge is 0.481 e. The number of aromatic nitrogens is 2. The van der Waals surface area contributed by atoms with Gasteiger partial charge in [0.1, 0.15) is 0 Å². The van der Waals surface area contributed by atoms with E-state index in [-0.39, 0.29) is 5.75 Å². The number of hydrogen-bond donors (Lipinski definition) is 1. The van der Waals surface area contributed by atoms with Gasteiger partial charge in [0.2, 0.25) is 0 Å². The molecule has 1 saturated heterocycles. The predicted octanol–water partition coefficient (Wildman–Crippen LogP) is 1.54. The van der Waals surface area contributed by atoms with Gasteiger partial charge in [0.15, 0.2) is 5.16 Å². The number of carbonyl (C=O) groups is 1. The van der Waals surface area contributed by atoms with Crippen molar-refractivity contribution in [2.45, 2.75) is 37.5 Å². The lowest BCUT2D eigenvalue weighted by Gasteiger charge is -2.23. The first-order valence-electron chi connectivity index (χ1n) is 6.30. The summed E-state index contributed by atoms with van der Waals surface area (Å²) in [6, 6.07) is 0.563. The number of imidazole rings is 1. The molecule has 0 bridgehead atoms. The number of thioether (sulfide) groups is 1. The van der Waals surface area contributed by atoms with E-state index in [0.29, 0.717) is 6.04 Å². The summed E-state index contributed by atoms with van der Waals surface area (Å²) in [5, 5.41) is 9.51. The molecule has 1 aromatic heterocycles. The van der Waals surface area contributed by atoms with Crippen molar-refractivity contribution in [3.8, 4) is 0 Å². The van der Waals surface area contributed by atoms with E-state index >= 15 is 0 Å². The van der Waals surface area contributed by atoms with Crippen molar-refractivity contribution in [2.24, 2.45) is 0 Å². The quantitative estimate of drug-likeness (QED) is 0.794. The molecule has 18 heavy (non-hydrogen) atoms. The third-order valence-corrected chi connectivity index (χ3v) is 4.30. The van der Waals surface area contributed by atoms with Crippen LogP contribution in [0, 0.1) is 0 Å². The summed E-state index contributed by atoms with van der Waals surface area (Å²) in [6.07, 6.45) is 6.16. The van der Waals surface area contributed by atoms with Crippen LogP contribution in [0.2, 0.25) is 0 Å². The summed E-state index contributed by atoms with van der Waals surface area (Å²) in [7, 11) is 0. The zero-order chi connectivity index (χ0) is 13.0. The Kier molecular flexibility index (Phi) is 4.66. The average molecular weight is 269 g/mol. The Morgan fingerprint density at radius 3 is 3.22 bits per heavy atom. The SMILES string of the molecule is CCN1CCCC1Cn1ccnc1SCC(=O)O. The Morgan fingerprint density at radius 2 is 2.50 bits per heavy atom. The van der Waals surface area contributed by atoms with Crippen molar-refractivity contribution in [1.29, 1.82) is 0 Å². The van der Waals surface area contributed by atoms with E-state index < -0.39 is 5.97 Å². The van der Waals surface area contributed by atoms with Crippen LogP contribution in [0.25, 0.3) is 0 Å². The first kappa shape index (κ1) is 13.4. The number of rotatable bonds is 6. The van der Waals surface area contributed by atoms with Crippen molar-refractivity contribution in [1.82, 2.24) is 14.5 Å². The molecule has 2 rings (SSSR count). The van der Waals surface area contributed by atoms with Gasteiger partial charge in [-0.1, -0.05) is 18.7 Å². The third kappa shape index (κ3) is 3.26. The minimum atomic E-state index is -0.800. The van der Waals surface area contributed by atoms with Crippen molar-refractivity contribution in [3.05, 3.63) is 12.4 Å². The molecule has 6 heteroatoms. The molecule has 0 spiro atoms. The third-order valence-electron chi connectivity index (χ3n) is 3.31. The fraction of sp³-hybridized carbons (Fsp3) is 0.667. The standard InChI is InChI=1S/C12H19N3O2S/c1-2-14-6-3-4-10(14)8-15-7-5-13-12(15)18-9-11(16)17/h5,7,10H,2-4,6,8-9H2,1H3,(H,16,17). The van der Waals surface area contributed by atoms with Crippen molar-refractivity contribution in [3.63, 3.8) is 0 Å². The summed E-state index contributed by atoms with van der Waals surface area (Å²) in [5.41, 5.74) is 0. The molecule has 2 heterocycles. The van der Waals surface area contributed by atoms with E-state index in [1.165, 1.54) is 31.1 Å². The fourth-order valence-corrected chi connectivity index (χ4v) is 3.14. The van der Waals surface area contributed by atoms with Crippen molar-refractivity contribution in [2.75, 3.05) is 18.8 Å². The van der Waals surface area contributed by atoms with Crippen LogP contribution in [0.15, 0.2) is 17.6 Å². The van der Waals surface area contributed by atoms with Gasteiger partial charge in [-0.3, -0.25) is 9.69 Å². The van der Waals surface area contributed by atoms with Crippen LogP contribution >= 0.6 is 11.8 Å². The lowest BCUT2D eigenvalue weighted by atomic mass is 10.2. The van der Waals surface area contributed by atoms with E-state index in [9.17, 15) is 4.79 Å². The second-order valence-electron chi connectivity index (χ2n) is 4.47. The molecule has 0 radical (unpaired) electrons. The first-order chi connectivity index (χ1) is 8.70. The second kappa shape index (κ2) is 6.24. The molecule has 5 nitrogen and oxygen atoms in total. The average Bonchev–Trinajstić information content (AvgIpc) is 2.96. The zero-order valence-electron chi connectivity index (χ0n) is 10.6. The molecule has 1 unspecified atom stereocenters. The van der Waals surface area contributed by atoms with E-state index in [1.807, 2.05) is 6.20 Å². The molecule has 1 aliphatic heterocycles. The molecule has 0 aliphatic carbocycles. The number of hydrogen-bond acceptors (Lipinski definition) is 4. The molecule has 1 fully saturated rings. The van der Waals surface area contributed by atoms with Crippen molar-refractivity contribution >= 4 is 17.7 Å². The molecule has 100 valence electrons. The highest BCUT2D eigenvalue weighted by molar-refractivity contribution is 7.99. The Hall–Kier alpha value is -1.01. The second-order valence-corrected chi connectivity index (χ2v) is 5.41. The highest BCUT2D eigenvalue weighted by Gasteiger charge is 2.23. The van der Waals surface area contributed by atoms with Gasteiger partial charge in [-0.2, -0.15) is 0 Å². The van der Waals surface area contributed by atoms with E-state index in [1.54, 1.807) is 6.20 Å². The maximum Gasteiger partial charge on any atom is 0.313 e. The number of nitrogens with zero attached hydrogens (tertiary/aromatic N) is 3. The lowest BCUT2D eigenvalue weighted by molar-refractivity contribution is -0.133. The number of carboxylic acids is 1. The number of likely N-dealkylation sites (N-methyl/N-ethyl adjacent to an activating group) is 1. The van der Waals surface area contributed by atoms with Crippen LogP contribution in [-0.4, -0.2) is 50.4 Å². The molecule has 1 atom stereocenters. The van der Waals surface area contributed by atoms with Gasteiger partial charge in [0.25, 0.3) is 0 Å². The van der Waals surface area contributed by atoms with Crippen LogP contribution in [-0.2, 0) is 11.3 Å². The molecule has 0 aromatic carbocycles. The molecular weight excluding hydrogens is 250 g/mol. The summed E-state index contributed by atoms with van der Waals surface area (Å²) in [6.45, 7) is 5.35. The monoisotopic (exact) mass is 269 g/mol. The van der Waals surface area contributed by atoms with Crippen LogP contribution in [0.4, 0.5) is 0 Å². The Balaban J connectivity index is 1.96. The van der Waals surface area contributed by atoms with Crippen LogP contribution < -0.4 is 0 Å². The number of carboxylic acid groups (broad SMARTS) is 1. The Bertz CT molecular complexity index is 408. The molecular formula is C12H19N3O2S. The predicted molar refractivity (Wildman–Crippen MR) is 70.9 cm³/mol. The summed E-state index contributed by atoms with van der Waals surface area (Å²) in [4.78, 5) is 17.3. The fourth-order valence-electron chi connectivity index (χ4n) is 2.45. The smallest absolute Gasteiger partial charge is 0.313 e. The Labute approximate surface area is 111 Å². The van der Waals surface area contributed by atoms with Crippen molar-refractivity contribution < 1.29 is 9.90 Å².